The van der Waals surface area contributed by atoms with Gasteiger partial charge < -0.3 is 21.4 Å². The first kappa shape index (κ1) is 25.2. The van der Waals surface area contributed by atoms with Crippen LogP contribution in [0.5, 0.6) is 0 Å². The number of hydrogen-bond donors (Lipinski definition) is 4. The van der Waals surface area contributed by atoms with Crippen LogP contribution in [0.15, 0.2) is 76.6 Å². The summed E-state index contributed by atoms with van der Waals surface area (Å²) in [7, 11) is -3.82. The van der Waals surface area contributed by atoms with E-state index in [1.54, 1.807) is 48.5 Å². The first-order chi connectivity index (χ1) is 16.1. The Balaban J connectivity index is 1.61. The zero-order valence-electron chi connectivity index (χ0n) is 17.9. The minimum Gasteiger partial charge on any atom is -0.370 e. The van der Waals surface area contributed by atoms with Crippen LogP contribution in [0.2, 0.25) is 0 Å². The van der Waals surface area contributed by atoms with Gasteiger partial charge in [0, 0.05) is 16.3 Å². The highest BCUT2D eigenvalue weighted by Crippen LogP contribution is 2.13. The molecule has 3 rings (SSSR count). The fraction of sp³-hybridized carbons (Fsp3) is 0.136. The highest BCUT2D eigenvalue weighted by Gasteiger charge is 2.15. The molecule has 3 aromatic rings. The van der Waals surface area contributed by atoms with Crippen molar-refractivity contribution < 1.29 is 13.2 Å². The van der Waals surface area contributed by atoms with Gasteiger partial charge in [0.1, 0.15) is 12.2 Å². The Morgan fingerprint density at radius 1 is 1.00 bits per heavy atom. The van der Waals surface area contributed by atoms with Crippen molar-refractivity contribution >= 4 is 55.9 Å². The number of nitrogens with two attached hydrogens (primary N) is 2. The van der Waals surface area contributed by atoms with Crippen LogP contribution >= 0.6 is 22.6 Å². The number of hydrogen-bond acceptors (Lipinski definition) is 5. The molecule has 0 aliphatic rings. The molecule has 34 heavy (non-hydrogen) atoms. The van der Waals surface area contributed by atoms with Gasteiger partial charge in [0.15, 0.2) is 5.96 Å². The smallest absolute Gasteiger partial charge is 0.275 e. The maximum atomic E-state index is 12.7. The highest BCUT2D eigenvalue weighted by atomic mass is 127. The van der Waals surface area contributed by atoms with Gasteiger partial charge in [0.05, 0.1) is 11.4 Å². The number of pyridine rings is 1. The van der Waals surface area contributed by atoms with Crippen molar-refractivity contribution in [3.8, 4) is 0 Å². The van der Waals surface area contributed by atoms with Crippen molar-refractivity contribution in [3.05, 3.63) is 91.9 Å². The van der Waals surface area contributed by atoms with E-state index in [2.05, 4.69) is 37.6 Å². The molecular formula is C22H23IN6O4S. The Bertz CT molecular complexity index is 1350. The van der Waals surface area contributed by atoms with E-state index >= 15 is 0 Å². The third-order valence-electron chi connectivity index (χ3n) is 4.55. The number of anilines is 1. The number of guanidine groups is 1. The topological polar surface area (TPSA) is 162 Å². The van der Waals surface area contributed by atoms with E-state index in [1.165, 1.54) is 18.3 Å². The molecule has 2 aromatic carbocycles. The SMILES string of the molecule is NC(N)=Nc1ccc(CNC(=O)Cn2cccc(NS(=O)(=O)Cc3ccc(I)cc3)c2=O)cc1. The summed E-state index contributed by atoms with van der Waals surface area (Å²) in [5.41, 5.74) is 11.9. The lowest BCUT2D eigenvalue weighted by molar-refractivity contribution is -0.121. The van der Waals surface area contributed by atoms with Crippen molar-refractivity contribution in [1.29, 1.82) is 0 Å². The predicted molar refractivity (Wildman–Crippen MR) is 140 cm³/mol. The second-order valence-electron chi connectivity index (χ2n) is 7.32. The van der Waals surface area contributed by atoms with E-state index in [-0.39, 0.29) is 30.5 Å². The van der Waals surface area contributed by atoms with Crippen LogP contribution in [0, 0.1) is 3.57 Å². The van der Waals surface area contributed by atoms with Crippen molar-refractivity contribution in [2.24, 2.45) is 16.5 Å². The van der Waals surface area contributed by atoms with E-state index < -0.39 is 21.5 Å². The zero-order chi connectivity index (χ0) is 24.7. The maximum absolute atomic E-state index is 12.7. The molecule has 0 aliphatic heterocycles. The predicted octanol–water partition coefficient (Wildman–Crippen LogP) is 1.62. The number of carbonyl (C=O) groups excluding carboxylic acids is 1. The number of carbonyl (C=O) groups is 1. The average molecular weight is 594 g/mol. The highest BCUT2D eigenvalue weighted by molar-refractivity contribution is 14.1. The molecule has 1 aromatic heterocycles. The van der Waals surface area contributed by atoms with Gasteiger partial charge in [-0.1, -0.05) is 24.3 Å². The Kier molecular flexibility index (Phi) is 8.28. The lowest BCUT2D eigenvalue weighted by Gasteiger charge is -2.11. The fourth-order valence-electron chi connectivity index (χ4n) is 2.99. The Hall–Kier alpha value is -3.39. The second kappa shape index (κ2) is 11.2. The third-order valence-corrected chi connectivity index (χ3v) is 6.52. The molecule has 0 radical (unpaired) electrons. The van der Waals surface area contributed by atoms with Gasteiger partial charge in [-0.3, -0.25) is 14.3 Å². The molecule has 0 bridgehead atoms. The molecule has 0 aliphatic carbocycles. The van der Waals surface area contributed by atoms with Crippen LogP contribution in [0.3, 0.4) is 0 Å². The minimum atomic E-state index is -3.82. The summed E-state index contributed by atoms with van der Waals surface area (Å²) in [6.07, 6.45) is 1.42. The average Bonchev–Trinajstić information content (AvgIpc) is 2.77. The van der Waals surface area contributed by atoms with E-state index in [0.29, 0.717) is 11.3 Å². The number of halogens is 1. The Morgan fingerprint density at radius 3 is 2.29 bits per heavy atom. The monoisotopic (exact) mass is 594 g/mol. The molecule has 0 atom stereocenters. The van der Waals surface area contributed by atoms with E-state index in [1.807, 2.05) is 0 Å². The fourth-order valence-corrected chi connectivity index (χ4v) is 4.54. The number of aromatic nitrogens is 1. The summed E-state index contributed by atoms with van der Waals surface area (Å²) in [6, 6.07) is 16.8. The number of amides is 1. The van der Waals surface area contributed by atoms with Crippen LogP contribution in [-0.2, 0) is 33.7 Å². The number of aliphatic imine (C=N–C) groups is 1. The number of benzene rings is 2. The van der Waals surface area contributed by atoms with Crippen LogP contribution in [0.1, 0.15) is 11.1 Å². The number of nitrogens with one attached hydrogen (secondary N) is 2. The molecule has 1 amide bonds. The number of sulfonamides is 1. The van der Waals surface area contributed by atoms with Crippen molar-refractivity contribution in [3.63, 3.8) is 0 Å². The Morgan fingerprint density at radius 2 is 1.65 bits per heavy atom. The molecule has 0 spiro atoms. The van der Waals surface area contributed by atoms with Gasteiger partial charge >= 0.3 is 0 Å². The largest absolute Gasteiger partial charge is 0.370 e. The van der Waals surface area contributed by atoms with Gasteiger partial charge in [-0.25, -0.2) is 13.4 Å². The van der Waals surface area contributed by atoms with Gasteiger partial charge in [-0.15, -0.1) is 0 Å². The number of nitrogens with zero attached hydrogens (tertiary/aromatic N) is 2. The van der Waals surface area contributed by atoms with Crippen LogP contribution < -0.4 is 27.1 Å². The molecular weight excluding hydrogens is 571 g/mol. The second-order valence-corrected chi connectivity index (χ2v) is 10.3. The third kappa shape index (κ3) is 7.59. The van der Waals surface area contributed by atoms with Crippen molar-refractivity contribution in [2.75, 3.05) is 4.72 Å². The zero-order valence-corrected chi connectivity index (χ0v) is 20.9. The standard InChI is InChI=1S/C22H23IN6O4S/c23-17-7-3-16(4-8-17)14-34(32,33)28-19-2-1-11-29(21(19)31)13-20(30)26-12-15-5-9-18(10-6-15)27-22(24)25/h1-11,28H,12-14H2,(H,26,30)(H4,24,25,27). The molecule has 0 saturated heterocycles. The van der Waals surface area contributed by atoms with E-state index in [0.717, 1.165) is 13.7 Å². The van der Waals surface area contributed by atoms with Gasteiger partial charge in [0.25, 0.3) is 5.56 Å². The van der Waals surface area contributed by atoms with Crippen molar-refractivity contribution in [2.45, 2.75) is 18.8 Å². The molecule has 10 nitrogen and oxygen atoms in total. The van der Waals surface area contributed by atoms with Crippen LogP contribution in [0.4, 0.5) is 11.4 Å². The van der Waals surface area contributed by atoms with Crippen LogP contribution in [-0.4, -0.2) is 24.9 Å². The maximum Gasteiger partial charge on any atom is 0.275 e. The molecule has 178 valence electrons. The first-order valence-corrected chi connectivity index (χ1v) is 12.7. The quantitative estimate of drug-likeness (QED) is 0.167. The van der Waals surface area contributed by atoms with Gasteiger partial charge in [-0.2, -0.15) is 0 Å². The minimum absolute atomic E-state index is 0.0501. The summed E-state index contributed by atoms with van der Waals surface area (Å²) < 4.78 is 29.5. The number of rotatable bonds is 9. The lowest BCUT2D eigenvalue weighted by Crippen LogP contribution is -2.33. The molecule has 0 fully saturated rings. The van der Waals surface area contributed by atoms with E-state index in [9.17, 15) is 18.0 Å². The normalized spacial score (nSPS) is 11.0. The summed E-state index contributed by atoms with van der Waals surface area (Å²) in [6.45, 7) is -0.0321. The molecule has 0 saturated carbocycles. The molecule has 0 unspecified atom stereocenters. The van der Waals surface area contributed by atoms with Crippen LogP contribution in [0.25, 0.3) is 0 Å². The van der Waals surface area contributed by atoms with E-state index in [4.69, 9.17) is 11.5 Å². The van der Waals surface area contributed by atoms with Crippen molar-refractivity contribution in [1.82, 2.24) is 9.88 Å². The van der Waals surface area contributed by atoms with Gasteiger partial charge in [-0.05, 0) is 70.1 Å². The summed E-state index contributed by atoms with van der Waals surface area (Å²) >= 11 is 2.13. The lowest BCUT2D eigenvalue weighted by atomic mass is 10.2. The summed E-state index contributed by atoms with van der Waals surface area (Å²) in [5.74, 6) is -0.735. The molecule has 1 heterocycles. The summed E-state index contributed by atoms with van der Waals surface area (Å²) in [4.78, 5) is 29.0. The molecule has 12 heteroatoms. The molecule has 6 N–H and O–H groups in total. The summed E-state index contributed by atoms with van der Waals surface area (Å²) in [5, 5.41) is 2.72. The Labute approximate surface area is 210 Å². The van der Waals surface area contributed by atoms with Gasteiger partial charge in [0.2, 0.25) is 15.9 Å². The first-order valence-electron chi connectivity index (χ1n) is 10.0.